The molecule has 6 heteroatoms. The predicted molar refractivity (Wildman–Crippen MR) is 103 cm³/mol. The van der Waals surface area contributed by atoms with Crippen molar-refractivity contribution in [2.24, 2.45) is 0 Å². The fraction of sp³-hybridized carbons (Fsp3) is 0.200. The van der Waals surface area contributed by atoms with Crippen LogP contribution in [0.25, 0.3) is 11.0 Å². The number of methoxy groups -OCH3 is 1. The molecule has 2 heterocycles. The van der Waals surface area contributed by atoms with Gasteiger partial charge >= 0.3 is 5.63 Å². The van der Waals surface area contributed by atoms with Crippen LogP contribution in [-0.2, 0) is 4.79 Å². The highest BCUT2D eigenvalue weighted by Gasteiger charge is 2.34. The van der Waals surface area contributed by atoms with Gasteiger partial charge in [0.1, 0.15) is 16.7 Å². The van der Waals surface area contributed by atoms with Gasteiger partial charge in [0.2, 0.25) is 5.91 Å². The van der Waals surface area contributed by atoms with Crippen molar-refractivity contribution in [1.82, 2.24) is 0 Å². The Morgan fingerprint density at radius 2 is 1.88 bits per heavy atom. The average Bonchev–Trinajstić information content (AvgIpc) is 3.02. The zero-order valence-electron chi connectivity index (χ0n) is 14.4. The lowest BCUT2D eigenvalue weighted by Crippen LogP contribution is -2.27. The van der Waals surface area contributed by atoms with E-state index in [1.807, 2.05) is 43.3 Å². The van der Waals surface area contributed by atoms with E-state index in [9.17, 15) is 9.59 Å². The van der Waals surface area contributed by atoms with Gasteiger partial charge < -0.3 is 9.15 Å². The first-order valence-electron chi connectivity index (χ1n) is 8.19. The van der Waals surface area contributed by atoms with E-state index in [0.717, 1.165) is 28.0 Å². The van der Waals surface area contributed by atoms with Gasteiger partial charge in [0, 0.05) is 23.2 Å². The number of fused-ring (bicyclic) bond motifs is 1. The third-order valence-electron chi connectivity index (χ3n) is 4.48. The summed E-state index contributed by atoms with van der Waals surface area (Å²) in [4.78, 5) is 26.0. The van der Waals surface area contributed by atoms with Gasteiger partial charge in [0.25, 0.3) is 0 Å². The molecule has 0 aliphatic carbocycles. The number of thioether (sulfide) groups is 1. The van der Waals surface area contributed by atoms with Crippen LogP contribution in [0.2, 0.25) is 0 Å². The Morgan fingerprint density at radius 3 is 2.62 bits per heavy atom. The molecule has 3 aromatic rings. The summed E-state index contributed by atoms with van der Waals surface area (Å²) in [5.74, 6) is 1.22. The van der Waals surface area contributed by atoms with Crippen LogP contribution in [0, 0.1) is 6.92 Å². The van der Waals surface area contributed by atoms with Gasteiger partial charge in [-0.15, -0.1) is 11.8 Å². The molecular weight excluding hydrogens is 350 g/mol. The Balaban J connectivity index is 1.77. The number of hydrogen-bond acceptors (Lipinski definition) is 5. The summed E-state index contributed by atoms with van der Waals surface area (Å²) in [5.41, 5.74) is 2.71. The number of aryl methyl sites for hydroxylation is 1. The molecule has 4 rings (SSSR count). The molecule has 5 nitrogen and oxygen atoms in total. The van der Waals surface area contributed by atoms with Crippen molar-refractivity contribution in [2.75, 3.05) is 17.8 Å². The van der Waals surface area contributed by atoms with Crippen LogP contribution in [-0.4, -0.2) is 18.8 Å². The maximum Gasteiger partial charge on any atom is 0.336 e. The lowest BCUT2D eigenvalue weighted by molar-refractivity contribution is -0.115. The number of carbonyl (C=O) groups excluding carboxylic acids is 1. The summed E-state index contributed by atoms with van der Waals surface area (Å²) < 4.78 is 10.5. The predicted octanol–water partition coefficient (Wildman–Crippen LogP) is 3.89. The largest absolute Gasteiger partial charge is 0.497 e. The molecule has 132 valence electrons. The fourth-order valence-electron chi connectivity index (χ4n) is 3.18. The SMILES string of the molecule is COc1ccc(C2SCC(=O)N2c2ccc3c(C)cc(=O)oc3c2)cc1. The molecule has 1 aliphatic heterocycles. The van der Waals surface area contributed by atoms with E-state index in [4.69, 9.17) is 9.15 Å². The smallest absolute Gasteiger partial charge is 0.336 e. The van der Waals surface area contributed by atoms with Gasteiger partial charge in [-0.2, -0.15) is 0 Å². The molecule has 0 N–H and O–H groups in total. The molecule has 0 bridgehead atoms. The van der Waals surface area contributed by atoms with E-state index >= 15 is 0 Å². The van der Waals surface area contributed by atoms with Crippen LogP contribution in [0.5, 0.6) is 5.75 Å². The Bertz CT molecular complexity index is 1040. The topological polar surface area (TPSA) is 59.8 Å². The van der Waals surface area contributed by atoms with Crippen molar-refractivity contribution < 1.29 is 13.9 Å². The molecule has 26 heavy (non-hydrogen) atoms. The van der Waals surface area contributed by atoms with Gasteiger partial charge in [0.15, 0.2) is 0 Å². The second kappa shape index (κ2) is 6.53. The van der Waals surface area contributed by atoms with Crippen molar-refractivity contribution in [2.45, 2.75) is 12.3 Å². The zero-order valence-corrected chi connectivity index (χ0v) is 15.2. The number of anilines is 1. The Kier molecular flexibility index (Phi) is 4.20. The number of amides is 1. The maximum absolute atomic E-state index is 12.5. The van der Waals surface area contributed by atoms with Gasteiger partial charge in [-0.1, -0.05) is 12.1 Å². The highest BCUT2D eigenvalue weighted by Crippen LogP contribution is 2.42. The highest BCUT2D eigenvalue weighted by molar-refractivity contribution is 8.00. The molecule has 1 aliphatic rings. The first-order valence-corrected chi connectivity index (χ1v) is 9.24. The molecule has 0 spiro atoms. The monoisotopic (exact) mass is 367 g/mol. The first-order chi connectivity index (χ1) is 12.6. The quantitative estimate of drug-likeness (QED) is 0.657. The van der Waals surface area contributed by atoms with E-state index < -0.39 is 0 Å². The minimum Gasteiger partial charge on any atom is -0.497 e. The van der Waals surface area contributed by atoms with E-state index in [1.165, 1.54) is 6.07 Å². The van der Waals surface area contributed by atoms with E-state index in [0.29, 0.717) is 11.3 Å². The number of ether oxygens (including phenoxy) is 1. The van der Waals surface area contributed by atoms with Crippen molar-refractivity contribution >= 4 is 34.3 Å². The summed E-state index contributed by atoms with van der Waals surface area (Å²) in [7, 11) is 1.62. The Morgan fingerprint density at radius 1 is 1.12 bits per heavy atom. The molecule has 1 saturated heterocycles. The molecular formula is C20H17NO4S. The molecule has 1 fully saturated rings. The lowest BCUT2D eigenvalue weighted by Gasteiger charge is -2.24. The normalized spacial score (nSPS) is 17.1. The molecule has 2 aromatic carbocycles. The van der Waals surface area contributed by atoms with Crippen LogP contribution >= 0.6 is 11.8 Å². The molecule has 1 atom stereocenters. The van der Waals surface area contributed by atoms with Crippen molar-refractivity contribution in [3.8, 4) is 5.75 Å². The van der Waals surface area contributed by atoms with Gasteiger partial charge in [-0.25, -0.2) is 4.79 Å². The van der Waals surface area contributed by atoms with Crippen LogP contribution in [0.1, 0.15) is 16.5 Å². The van der Waals surface area contributed by atoms with E-state index in [1.54, 1.807) is 29.8 Å². The van der Waals surface area contributed by atoms with E-state index in [2.05, 4.69) is 0 Å². The minimum atomic E-state index is -0.388. The third kappa shape index (κ3) is 2.86. The highest BCUT2D eigenvalue weighted by atomic mass is 32.2. The molecule has 1 unspecified atom stereocenters. The summed E-state index contributed by atoms with van der Waals surface area (Å²) in [6.07, 6.45) is 0. The van der Waals surface area contributed by atoms with Crippen LogP contribution in [0.15, 0.2) is 57.7 Å². The standard InChI is InChI=1S/C20H17NO4S/c1-12-9-19(23)25-17-10-14(5-8-16(12)17)21-18(22)11-26-20(21)13-3-6-15(24-2)7-4-13/h3-10,20H,11H2,1-2H3. The maximum atomic E-state index is 12.5. The van der Waals surface area contributed by atoms with E-state index in [-0.39, 0.29) is 16.9 Å². The fourth-order valence-corrected chi connectivity index (χ4v) is 4.36. The van der Waals surface area contributed by atoms with Crippen molar-refractivity contribution in [3.05, 3.63) is 70.1 Å². The minimum absolute atomic E-state index is 0.0326. The summed E-state index contributed by atoms with van der Waals surface area (Å²) in [5, 5.41) is 0.746. The third-order valence-corrected chi connectivity index (χ3v) is 5.69. The van der Waals surface area contributed by atoms with Crippen molar-refractivity contribution in [3.63, 3.8) is 0 Å². The number of rotatable bonds is 3. The summed E-state index contributed by atoms with van der Waals surface area (Å²) >= 11 is 1.57. The summed E-state index contributed by atoms with van der Waals surface area (Å²) in [6, 6.07) is 14.7. The Labute approximate surface area is 154 Å². The van der Waals surface area contributed by atoms with Crippen LogP contribution in [0.3, 0.4) is 0 Å². The number of benzene rings is 2. The lowest BCUT2D eigenvalue weighted by atomic mass is 10.1. The van der Waals surface area contributed by atoms with Crippen LogP contribution < -0.4 is 15.3 Å². The van der Waals surface area contributed by atoms with Gasteiger partial charge in [0.05, 0.1) is 12.9 Å². The van der Waals surface area contributed by atoms with Crippen LogP contribution in [0.4, 0.5) is 5.69 Å². The number of carbonyl (C=O) groups is 1. The second-order valence-electron chi connectivity index (χ2n) is 6.13. The molecule has 1 aromatic heterocycles. The molecule has 0 radical (unpaired) electrons. The molecule has 0 saturated carbocycles. The van der Waals surface area contributed by atoms with Gasteiger partial charge in [-0.05, 0) is 42.3 Å². The van der Waals surface area contributed by atoms with Gasteiger partial charge in [-0.3, -0.25) is 9.69 Å². The Hall–Kier alpha value is -2.73. The number of hydrogen-bond donors (Lipinski definition) is 0. The first kappa shape index (κ1) is 16.7. The second-order valence-corrected chi connectivity index (χ2v) is 7.20. The number of nitrogens with zero attached hydrogens (tertiary/aromatic N) is 1. The molecule has 1 amide bonds. The zero-order chi connectivity index (χ0) is 18.3. The summed E-state index contributed by atoms with van der Waals surface area (Å²) in [6.45, 7) is 1.87. The van der Waals surface area contributed by atoms with Crippen molar-refractivity contribution in [1.29, 1.82) is 0 Å². The average molecular weight is 367 g/mol.